The number of halogens is 1. The Morgan fingerprint density at radius 1 is 1.40 bits per heavy atom. The van der Waals surface area contributed by atoms with Crippen LogP contribution in [-0.2, 0) is 0 Å². The zero-order valence-corrected chi connectivity index (χ0v) is 8.14. The first-order valence-electron chi connectivity index (χ1n) is 4.48. The van der Waals surface area contributed by atoms with Gasteiger partial charge in [-0.05, 0) is 25.1 Å². The zero-order chi connectivity index (χ0) is 10.8. The summed E-state index contributed by atoms with van der Waals surface area (Å²) in [4.78, 5) is 10.7. The van der Waals surface area contributed by atoms with Crippen molar-refractivity contribution < 1.29 is 9.18 Å². The molecule has 2 rings (SSSR count). The van der Waals surface area contributed by atoms with E-state index in [1.807, 2.05) is 6.92 Å². The maximum Gasteiger partial charge on any atom is 0.155 e. The minimum absolute atomic E-state index is 0.0283. The summed E-state index contributed by atoms with van der Waals surface area (Å²) < 4.78 is 14.8. The molecule has 0 aliphatic rings. The Morgan fingerprint density at radius 3 is 2.80 bits per heavy atom. The van der Waals surface area contributed by atoms with E-state index in [0.717, 1.165) is 5.69 Å². The van der Waals surface area contributed by atoms with Crippen LogP contribution in [0, 0.1) is 12.7 Å². The van der Waals surface area contributed by atoms with Crippen molar-refractivity contribution in [1.82, 2.24) is 9.78 Å². The van der Waals surface area contributed by atoms with Crippen molar-refractivity contribution in [2.24, 2.45) is 0 Å². The second-order valence-electron chi connectivity index (χ2n) is 3.19. The number of rotatable bonds is 2. The van der Waals surface area contributed by atoms with Gasteiger partial charge in [0.15, 0.2) is 6.29 Å². The lowest BCUT2D eigenvalue weighted by molar-refractivity contribution is 0.111. The monoisotopic (exact) mass is 204 g/mol. The van der Waals surface area contributed by atoms with Gasteiger partial charge in [-0.25, -0.2) is 9.07 Å². The SMILES string of the molecule is Cc1ccn(-c2cccc(F)c2C=O)n1. The first-order valence-corrected chi connectivity index (χ1v) is 4.48. The Bertz CT molecular complexity index is 505. The Labute approximate surface area is 86.2 Å². The van der Waals surface area contributed by atoms with Gasteiger partial charge < -0.3 is 0 Å². The Balaban J connectivity index is 2.62. The van der Waals surface area contributed by atoms with Gasteiger partial charge in [0.1, 0.15) is 5.82 Å². The molecule has 0 bridgehead atoms. The Morgan fingerprint density at radius 2 is 2.20 bits per heavy atom. The van der Waals surface area contributed by atoms with Crippen molar-refractivity contribution in [3.05, 3.63) is 47.5 Å². The molecule has 0 atom stereocenters. The second kappa shape index (κ2) is 3.65. The van der Waals surface area contributed by atoms with Crippen LogP contribution in [0.25, 0.3) is 5.69 Å². The van der Waals surface area contributed by atoms with E-state index >= 15 is 0 Å². The van der Waals surface area contributed by atoms with Crippen LogP contribution < -0.4 is 0 Å². The molecule has 3 nitrogen and oxygen atoms in total. The number of aryl methyl sites for hydroxylation is 1. The lowest BCUT2D eigenvalue weighted by Crippen LogP contribution is -2.02. The second-order valence-corrected chi connectivity index (χ2v) is 3.19. The maximum absolute atomic E-state index is 13.3. The molecule has 0 saturated carbocycles. The third-order valence-corrected chi connectivity index (χ3v) is 2.12. The third-order valence-electron chi connectivity index (χ3n) is 2.12. The van der Waals surface area contributed by atoms with Crippen molar-refractivity contribution in [1.29, 1.82) is 0 Å². The van der Waals surface area contributed by atoms with Crippen LogP contribution in [0.3, 0.4) is 0 Å². The zero-order valence-electron chi connectivity index (χ0n) is 8.14. The third kappa shape index (κ3) is 1.66. The van der Waals surface area contributed by atoms with Crippen LogP contribution in [0.1, 0.15) is 16.1 Å². The summed E-state index contributed by atoms with van der Waals surface area (Å²) >= 11 is 0. The van der Waals surface area contributed by atoms with E-state index < -0.39 is 5.82 Å². The molecule has 2 aromatic rings. The topological polar surface area (TPSA) is 34.9 Å². The first-order chi connectivity index (χ1) is 7.22. The average Bonchev–Trinajstić information content (AvgIpc) is 2.64. The fourth-order valence-electron chi connectivity index (χ4n) is 1.39. The molecule has 4 heteroatoms. The van der Waals surface area contributed by atoms with E-state index in [-0.39, 0.29) is 5.56 Å². The van der Waals surface area contributed by atoms with Crippen molar-refractivity contribution in [2.45, 2.75) is 6.92 Å². The van der Waals surface area contributed by atoms with Gasteiger partial charge in [-0.15, -0.1) is 0 Å². The average molecular weight is 204 g/mol. The molecule has 1 aromatic heterocycles. The molecule has 0 spiro atoms. The van der Waals surface area contributed by atoms with Crippen LogP contribution in [0.4, 0.5) is 4.39 Å². The van der Waals surface area contributed by atoms with Crippen LogP contribution in [0.2, 0.25) is 0 Å². The number of benzene rings is 1. The highest BCUT2D eigenvalue weighted by Gasteiger charge is 2.09. The lowest BCUT2D eigenvalue weighted by atomic mass is 10.2. The molecule has 0 amide bonds. The molecule has 0 saturated heterocycles. The van der Waals surface area contributed by atoms with E-state index in [2.05, 4.69) is 5.10 Å². The largest absolute Gasteiger partial charge is 0.298 e. The summed E-state index contributed by atoms with van der Waals surface area (Å²) in [6.45, 7) is 1.83. The van der Waals surface area contributed by atoms with Gasteiger partial charge in [0, 0.05) is 6.20 Å². The molecular formula is C11H9FN2O. The summed E-state index contributed by atoms with van der Waals surface area (Å²) in [6.07, 6.45) is 2.19. The number of aromatic nitrogens is 2. The molecule has 0 N–H and O–H groups in total. The lowest BCUT2D eigenvalue weighted by Gasteiger charge is -2.04. The maximum atomic E-state index is 13.3. The van der Waals surface area contributed by atoms with Gasteiger partial charge in [0.05, 0.1) is 16.9 Å². The predicted molar refractivity (Wildman–Crippen MR) is 53.6 cm³/mol. The molecule has 0 aliphatic heterocycles. The molecule has 76 valence electrons. The molecular weight excluding hydrogens is 195 g/mol. The van der Waals surface area contributed by atoms with Crippen LogP contribution in [0.5, 0.6) is 0 Å². The van der Waals surface area contributed by atoms with Crippen LogP contribution >= 0.6 is 0 Å². The molecule has 1 aromatic carbocycles. The highest BCUT2D eigenvalue weighted by atomic mass is 19.1. The molecule has 0 fully saturated rings. The van der Waals surface area contributed by atoms with Crippen molar-refractivity contribution >= 4 is 6.29 Å². The molecule has 0 unspecified atom stereocenters. The van der Waals surface area contributed by atoms with Gasteiger partial charge in [-0.1, -0.05) is 6.07 Å². The first kappa shape index (κ1) is 9.58. The highest BCUT2D eigenvalue weighted by molar-refractivity contribution is 5.81. The summed E-state index contributed by atoms with van der Waals surface area (Å²) in [5.41, 5.74) is 1.30. The summed E-state index contributed by atoms with van der Waals surface area (Å²) in [6, 6.07) is 6.25. The van der Waals surface area contributed by atoms with E-state index in [9.17, 15) is 9.18 Å². The standard InChI is InChI=1S/C11H9FN2O/c1-8-5-6-14(13-8)11-4-2-3-10(12)9(11)7-15/h2-7H,1H3. The number of nitrogens with zero attached hydrogens (tertiary/aromatic N) is 2. The highest BCUT2D eigenvalue weighted by Crippen LogP contribution is 2.15. The Kier molecular flexibility index (Phi) is 2.33. The fraction of sp³-hybridized carbons (Fsp3) is 0.0909. The number of hydrogen-bond donors (Lipinski definition) is 0. The van der Waals surface area contributed by atoms with Crippen LogP contribution in [-0.4, -0.2) is 16.1 Å². The van der Waals surface area contributed by atoms with Crippen molar-refractivity contribution in [2.75, 3.05) is 0 Å². The van der Waals surface area contributed by atoms with E-state index in [4.69, 9.17) is 0 Å². The number of aldehydes is 1. The molecule has 15 heavy (non-hydrogen) atoms. The normalized spacial score (nSPS) is 10.3. The summed E-state index contributed by atoms with van der Waals surface area (Å²) in [7, 11) is 0. The van der Waals surface area contributed by atoms with Crippen molar-refractivity contribution in [3.8, 4) is 5.69 Å². The summed E-state index contributed by atoms with van der Waals surface area (Å²) in [5, 5.41) is 4.12. The summed E-state index contributed by atoms with van der Waals surface area (Å²) in [5.74, 6) is -0.532. The van der Waals surface area contributed by atoms with E-state index in [1.54, 1.807) is 24.4 Å². The predicted octanol–water partition coefficient (Wildman–Crippen LogP) is 2.13. The quantitative estimate of drug-likeness (QED) is 0.702. The van der Waals surface area contributed by atoms with E-state index in [1.165, 1.54) is 10.7 Å². The van der Waals surface area contributed by atoms with Gasteiger partial charge >= 0.3 is 0 Å². The number of carbonyl (C=O) groups is 1. The Hall–Kier alpha value is -1.97. The van der Waals surface area contributed by atoms with Gasteiger partial charge in [0.25, 0.3) is 0 Å². The minimum Gasteiger partial charge on any atom is -0.298 e. The molecule has 0 aliphatic carbocycles. The molecule has 0 radical (unpaired) electrons. The van der Waals surface area contributed by atoms with Gasteiger partial charge in [-0.3, -0.25) is 4.79 Å². The molecule has 1 heterocycles. The van der Waals surface area contributed by atoms with Crippen molar-refractivity contribution in [3.63, 3.8) is 0 Å². The van der Waals surface area contributed by atoms with Crippen LogP contribution in [0.15, 0.2) is 30.5 Å². The van der Waals surface area contributed by atoms with Gasteiger partial charge in [-0.2, -0.15) is 5.10 Å². The van der Waals surface area contributed by atoms with Gasteiger partial charge in [0.2, 0.25) is 0 Å². The smallest absolute Gasteiger partial charge is 0.155 e. The fourth-order valence-corrected chi connectivity index (χ4v) is 1.39. The minimum atomic E-state index is -0.532. The number of hydrogen-bond acceptors (Lipinski definition) is 2. The number of carbonyl (C=O) groups excluding carboxylic acids is 1. The van der Waals surface area contributed by atoms with E-state index in [0.29, 0.717) is 12.0 Å².